The Balaban J connectivity index is 1.37. The number of hydrogen-bond acceptors (Lipinski definition) is 6. The van der Waals surface area contributed by atoms with E-state index in [-0.39, 0.29) is 39.9 Å². The number of amides is 2. The van der Waals surface area contributed by atoms with E-state index in [1.165, 1.54) is 12.1 Å². The standard InChI is InChI=1S/C27H29Cl2FN4O4/c1-14-11-34(12-15(2)37-14)27(35)33-8-6-17(7-9-33)19-13-36-24-18(19)10-32-26(31)25(24)38-16(3)22-20(28)4-5-21(30)23(22)29/h4-6,10,13-16H,7-9,11-12H2,1-3H3,(H2,31,32)/t14-,15+,16-/m1/s1. The Kier molecular flexibility index (Phi) is 7.44. The number of pyridine rings is 1. The molecule has 8 nitrogen and oxygen atoms in total. The molecule has 0 unspecified atom stereocenters. The molecule has 2 N–H and O–H groups in total. The van der Waals surface area contributed by atoms with Crippen molar-refractivity contribution >= 4 is 51.6 Å². The number of morpholine rings is 1. The summed E-state index contributed by atoms with van der Waals surface area (Å²) in [5, 5.41) is 0.881. The lowest BCUT2D eigenvalue weighted by Crippen LogP contribution is -2.53. The number of benzene rings is 1. The van der Waals surface area contributed by atoms with E-state index in [2.05, 4.69) is 4.98 Å². The summed E-state index contributed by atoms with van der Waals surface area (Å²) in [5.41, 5.74) is 8.76. The number of furan rings is 1. The fourth-order valence-electron chi connectivity index (χ4n) is 5.12. The normalized spacial score (nSPS) is 20.9. The molecule has 38 heavy (non-hydrogen) atoms. The maximum Gasteiger partial charge on any atom is 0.320 e. The van der Waals surface area contributed by atoms with Gasteiger partial charge >= 0.3 is 6.03 Å². The summed E-state index contributed by atoms with van der Waals surface area (Å²) in [6, 6.07) is 2.65. The van der Waals surface area contributed by atoms with E-state index >= 15 is 0 Å². The monoisotopic (exact) mass is 562 g/mol. The van der Waals surface area contributed by atoms with Crippen LogP contribution in [0.1, 0.15) is 44.4 Å². The molecule has 0 bridgehead atoms. The van der Waals surface area contributed by atoms with Crippen LogP contribution in [0, 0.1) is 5.82 Å². The predicted octanol–water partition coefficient (Wildman–Crippen LogP) is 6.31. The van der Waals surface area contributed by atoms with Gasteiger partial charge in [0, 0.05) is 48.5 Å². The molecule has 1 aromatic carbocycles. The fraction of sp³-hybridized carbons (Fsp3) is 0.407. The van der Waals surface area contributed by atoms with Gasteiger partial charge in [-0.25, -0.2) is 14.2 Å². The van der Waals surface area contributed by atoms with Crippen molar-refractivity contribution < 1.29 is 23.1 Å². The first kappa shape index (κ1) is 26.6. The molecule has 2 aromatic heterocycles. The SMILES string of the molecule is C[C@@H]1CN(C(=O)N2CC=C(c3coc4c(O[C@H](C)c5c(Cl)ccc(F)c5Cl)c(N)ncc34)CC2)C[C@H](C)O1. The number of nitrogen functional groups attached to an aromatic ring is 1. The molecule has 3 aromatic rings. The minimum atomic E-state index is -0.729. The summed E-state index contributed by atoms with van der Waals surface area (Å²) in [4.78, 5) is 21.1. The number of aromatic nitrogens is 1. The Labute approximate surface area is 230 Å². The molecule has 2 aliphatic heterocycles. The predicted molar refractivity (Wildman–Crippen MR) is 145 cm³/mol. The van der Waals surface area contributed by atoms with Gasteiger partial charge in [-0.1, -0.05) is 29.3 Å². The summed E-state index contributed by atoms with van der Waals surface area (Å²) >= 11 is 12.4. The molecule has 0 spiro atoms. The van der Waals surface area contributed by atoms with Crippen molar-refractivity contribution in [3.05, 3.63) is 57.7 Å². The van der Waals surface area contributed by atoms with Crippen molar-refractivity contribution in [1.82, 2.24) is 14.8 Å². The molecule has 5 rings (SSSR count). The molecule has 0 aliphatic carbocycles. The maximum absolute atomic E-state index is 14.1. The Morgan fingerprint density at radius 2 is 1.97 bits per heavy atom. The summed E-state index contributed by atoms with van der Waals surface area (Å²) in [5.74, 6) is -0.251. The van der Waals surface area contributed by atoms with Crippen molar-refractivity contribution in [2.24, 2.45) is 0 Å². The highest BCUT2D eigenvalue weighted by Crippen LogP contribution is 2.41. The third-order valence-corrected chi connectivity index (χ3v) is 7.61. The van der Waals surface area contributed by atoms with Crippen LogP contribution in [0.4, 0.5) is 15.0 Å². The van der Waals surface area contributed by atoms with Crippen molar-refractivity contribution in [3.8, 4) is 5.75 Å². The number of carbonyl (C=O) groups is 1. The van der Waals surface area contributed by atoms with E-state index in [9.17, 15) is 9.18 Å². The minimum Gasteiger partial charge on any atom is -0.478 e. The van der Waals surface area contributed by atoms with Gasteiger partial charge in [0.2, 0.25) is 5.75 Å². The van der Waals surface area contributed by atoms with E-state index < -0.39 is 11.9 Å². The number of urea groups is 1. The van der Waals surface area contributed by atoms with Gasteiger partial charge in [-0.3, -0.25) is 0 Å². The number of anilines is 1. The Bertz CT molecular complexity index is 1400. The molecule has 11 heteroatoms. The average Bonchev–Trinajstić information content (AvgIpc) is 3.31. The van der Waals surface area contributed by atoms with E-state index in [4.69, 9.17) is 42.8 Å². The van der Waals surface area contributed by atoms with Gasteiger partial charge in [0.25, 0.3) is 0 Å². The third kappa shape index (κ3) is 5.02. The Hall–Kier alpha value is -3.01. The van der Waals surface area contributed by atoms with Crippen LogP contribution in [0.5, 0.6) is 5.75 Å². The number of ether oxygens (including phenoxy) is 2. The largest absolute Gasteiger partial charge is 0.478 e. The van der Waals surface area contributed by atoms with Crippen LogP contribution in [0.3, 0.4) is 0 Å². The van der Waals surface area contributed by atoms with Gasteiger partial charge in [0.15, 0.2) is 11.4 Å². The topological polar surface area (TPSA) is 94.1 Å². The van der Waals surface area contributed by atoms with E-state index in [0.29, 0.717) is 43.7 Å². The number of nitrogens with zero attached hydrogens (tertiary/aromatic N) is 3. The van der Waals surface area contributed by atoms with Gasteiger partial charge in [-0.2, -0.15) is 0 Å². The van der Waals surface area contributed by atoms with Crippen molar-refractivity contribution in [1.29, 1.82) is 0 Å². The molecular weight excluding hydrogens is 534 g/mol. The Morgan fingerprint density at radius 1 is 1.24 bits per heavy atom. The highest BCUT2D eigenvalue weighted by atomic mass is 35.5. The molecule has 4 heterocycles. The smallest absolute Gasteiger partial charge is 0.320 e. The molecule has 2 amide bonds. The molecular formula is C27H29Cl2FN4O4. The van der Waals surface area contributed by atoms with Crippen LogP contribution in [0.2, 0.25) is 10.0 Å². The molecule has 0 saturated carbocycles. The zero-order valence-electron chi connectivity index (χ0n) is 21.3. The summed E-state index contributed by atoms with van der Waals surface area (Å²) in [6.07, 6.45) is 5.27. The summed E-state index contributed by atoms with van der Waals surface area (Å²) in [6.45, 7) is 7.90. The van der Waals surface area contributed by atoms with Gasteiger partial charge in [0.1, 0.15) is 11.9 Å². The number of carbonyl (C=O) groups excluding carboxylic acids is 1. The lowest BCUT2D eigenvalue weighted by Gasteiger charge is -2.39. The van der Waals surface area contributed by atoms with Crippen LogP contribution in [-0.2, 0) is 4.74 Å². The molecule has 3 atom stereocenters. The van der Waals surface area contributed by atoms with Gasteiger partial charge in [-0.15, -0.1) is 0 Å². The van der Waals surface area contributed by atoms with Crippen LogP contribution in [-0.4, -0.2) is 59.2 Å². The van der Waals surface area contributed by atoms with Crippen molar-refractivity contribution in [2.75, 3.05) is 31.9 Å². The van der Waals surface area contributed by atoms with Crippen LogP contribution in [0.15, 0.2) is 35.1 Å². The van der Waals surface area contributed by atoms with E-state index in [0.717, 1.165) is 16.5 Å². The van der Waals surface area contributed by atoms with Crippen LogP contribution in [0.25, 0.3) is 16.5 Å². The molecule has 202 valence electrons. The zero-order valence-corrected chi connectivity index (χ0v) is 22.9. The quantitative estimate of drug-likeness (QED) is 0.374. The van der Waals surface area contributed by atoms with Crippen LogP contribution >= 0.6 is 23.2 Å². The first-order chi connectivity index (χ1) is 18.1. The van der Waals surface area contributed by atoms with E-state index in [1.807, 2.05) is 29.7 Å². The Morgan fingerprint density at radius 3 is 2.66 bits per heavy atom. The van der Waals surface area contributed by atoms with Gasteiger partial charge in [0.05, 0.1) is 28.9 Å². The molecule has 1 saturated heterocycles. The second kappa shape index (κ2) is 10.6. The minimum absolute atomic E-state index is 0.0166. The average molecular weight is 563 g/mol. The highest BCUT2D eigenvalue weighted by molar-refractivity contribution is 6.36. The first-order valence-corrected chi connectivity index (χ1v) is 13.2. The number of rotatable bonds is 4. The number of halogens is 3. The van der Waals surface area contributed by atoms with Crippen molar-refractivity contribution in [2.45, 2.75) is 45.5 Å². The maximum atomic E-state index is 14.1. The van der Waals surface area contributed by atoms with Crippen molar-refractivity contribution in [3.63, 3.8) is 0 Å². The third-order valence-electron chi connectivity index (χ3n) is 6.90. The number of nitrogens with two attached hydrogens (primary N) is 1. The molecule has 0 radical (unpaired) electrons. The first-order valence-electron chi connectivity index (χ1n) is 12.5. The molecule has 1 fully saturated rings. The zero-order chi connectivity index (χ0) is 27.1. The summed E-state index contributed by atoms with van der Waals surface area (Å²) in [7, 11) is 0. The number of fused-ring (bicyclic) bond motifs is 1. The fourth-order valence-corrected chi connectivity index (χ4v) is 5.79. The van der Waals surface area contributed by atoms with Gasteiger partial charge < -0.3 is 29.4 Å². The van der Waals surface area contributed by atoms with Gasteiger partial charge in [-0.05, 0) is 44.9 Å². The molecule has 2 aliphatic rings. The highest BCUT2D eigenvalue weighted by Gasteiger charge is 2.30. The summed E-state index contributed by atoms with van der Waals surface area (Å²) < 4.78 is 31.8. The lowest BCUT2D eigenvalue weighted by molar-refractivity contribution is -0.0579. The lowest BCUT2D eigenvalue weighted by atomic mass is 9.99. The van der Waals surface area contributed by atoms with E-state index in [1.54, 1.807) is 19.4 Å². The van der Waals surface area contributed by atoms with Crippen LogP contribution < -0.4 is 10.5 Å². The number of hydrogen-bond donors (Lipinski definition) is 1. The second-order valence-electron chi connectivity index (χ2n) is 9.75. The second-order valence-corrected chi connectivity index (χ2v) is 10.5.